The first-order valence-electron chi connectivity index (χ1n) is 9.19. The SMILES string of the molecule is CN(CC1=CCCOC1)C(=O)Nc1ccccc1CN(C)C(=O)c1cccs1. The molecule has 0 spiro atoms. The number of para-hydroxylation sites is 1. The van der Waals surface area contributed by atoms with Gasteiger partial charge < -0.3 is 19.9 Å². The molecule has 3 rings (SSSR count). The van der Waals surface area contributed by atoms with Crippen LogP contribution in [0, 0.1) is 0 Å². The molecule has 1 aromatic carbocycles. The monoisotopic (exact) mass is 399 g/mol. The number of ether oxygens (including phenoxy) is 1. The lowest BCUT2D eigenvalue weighted by molar-refractivity contribution is 0.0790. The van der Waals surface area contributed by atoms with Crippen molar-refractivity contribution in [2.75, 3.05) is 39.2 Å². The number of carbonyl (C=O) groups is 2. The summed E-state index contributed by atoms with van der Waals surface area (Å²) >= 11 is 1.42. The molecule has 2 aromatic rings. The van der Waals surface area contributed by atoms with Crippen molar-refractivity contribution in [1.29, 1.82) is 0 Å². The Labute approximate surface area is 169 Å². The lowest BCUT2D eigenvalue weighted by atomic mass is 10.1. The first kappa shape index (κ1) is 20.1. The quantitative estimate of drug-likeness (QED) is 0.751. The Bertz CT molecular complexity index is 848. The maximum Gasteiger partial charge on any atom is 0.321 e. The minimum absolute atomic E-state index is 0.0301. The van der Waals surface area contributed by atoms with Crippen LogP contribution in [0.5, 0.6) is 0 Å². The van der Waals surface area contributed by atoms with E-state index >= 15 is 0 Å². The molecule has 6 nitrogen and oxygen atoms in total. The second-order valence-corrected chi connectivity index (χ2v) is 7.73. The minimum atomic E-state index is -0.189. The summed E-state index contributed by atoms with van der Waals surface area (Å²) in [6.45, 7) is 2.26. The number of hydrogen-bond acceptors (Lipinski definition) is 4. The number of nitrogens with zero attached hydrogens (tertiary/aromatic N) is 2. The van der Waals surface area contributed by atoms with Gasteiger partial charge in [0.2, 0.25) is 0 Å². The molecule has 0 unspecified atom stereocenters. The van der Waals surface area contributed by atoms with Crippen molar-refractivity contribution >= 4 is 29.0 Å². The van der Waals surface area contributed by atoms with Gasteiger partial charge in [-0.15, -0.1) is 11.3 Å². The first-order valence-corrected chi connectivity index (χ1v) is 10.1. The highest BCUT2D eigenvalue weighted by molar-refractivity contribution is 7.12. The zero-order valence-electron chi connectivity index (χ0n) is 16.2. The van der Waals surface area contributed by atoms with Gasteiger partial charge in [0.25, 0.3) is 5.91 Å². The van der Waals surface area contributed by atoms with Crippen LogP contribution >= 0.6 is 11.3 Å². The van der Waals surface area contributed by atoms with Gasteiger partial charge in [-0.05, 0) is 35.1 Å². The molecule has 0 saturated heterocycles. The number of anilines is 1. The average molecular weight is 400 g/mol. The van der Waals surface area contributed by atoms with Crippen LogP contribution in [0.4, 0.5) is 10.5 Å². The van der Waals surface area contributed by atoms with Gasteiger partial charge in [0, 0.05) is 32.9 Å². The fourth-order valence-electron chi connectivity index (χ4n) is 3.00. The molecule has 7 heteroatoms. The highest BCUT2D eigenvalue weighted by atomic mass is 32.1. The normalized spacial score (nSPS) is 13.6. The van der Waals surface area contributed by atoms with E-state index in [2.05, 4.69) is 11.4 Å². The van der Waals surface area contributed by atoms with Crippen LogP contribution in [0.3, 0.4) is 0 Å². The third kappa shape index (κ3) is 5.21. The van der Waals surface area contributed by atoms with E-state index in [0.717, 1.165) is 24.2 Å². The number of benzene rings is 1. The van der Waals surface area contributed by atoms with E-state index in [1.807, 2.05) is 41.8 Å². The third-order valence-electron chi connectivity index (χ3n) is 4.51. The molecule has 0 bridgehead atoms. The Morgan fingerprint density at radius 1 is 1.11 bits per heavy atom. The van der Waals surface area contributed by atoms with Crippen LogP contribution in [0.25, 0.3) is 0 Å². The number of likely N-dealkylation sites (N-methyl/N-ethyl adjacent to an activating group) is 1. The summed E-state index contributed by atoms with van der Waals surface area (Å²) in [4.78, 5) is 29.1. The van der Waals surface area contributed by atoms with E-state index in [4.69, 9.17) is 4.74 Å². The van der Waals surface area contributed by atoms with Crippen LogP contribution in [-0.4, -0.2) is 55.6 Å². The predicted octanol–water partition coefficient (Wildman–Crippen LogP) is 3.83. The fraction of sp³-hybridized carbons (Fsp3) is 0.333. The third-order valence-corrected chi connectivity index (χ3v) is 5.37. The van der Waals surface area contributed by atoms with E-state index < -0.39 is 0 Å². The molecular formula is C21H25N3O3S. The highest BCUT2D eigenvalue weighted by Crippen LogP contribution is 2.20. The maximum atomic E-state index is 12.6. The van der Waals surface area contributed by atoms with Gasteiger partial charge in [-0.3, -0.25) is 4.79 Å². The summed E-state index contributed by atoms with van der Waals surface area (Å²) in [5.74, 6) is -0.0301. The summed E-state index contributed by atoms with van der Waals surface area (Å²) in [6.07, 6.45) is 3.02. The number of urea groups is 1. The molecular weight excluding hydrogens is 374 g/mol. The van der Waals surface area contributed by atoms with Gasteiger partial charge in [0.1, 0.15) is 0 Å². The molecule has 0 radical (unpaired) electrons. The molecule has 1 aliphatic heterocycles. The van der Waals surface area contributed by atoms with E-state index in [1.54, 1.807) is 23.9 Å². The smallest absolute Gasteiger partial charge is 0.321 e. The largest absolute Gasteiger partial charge is 0.377 e. The number of nitrogens with one attached hydrogen (secondary N) is 1. The number of hydrogen-bond donors (Lipinski definition) is 1. The van der Waals surface area contributed by atoms with Gasteiger partial charge in [0.15, 0.2) is 0 Å². The predicted molar refractivity (Wildman–Crippen MR) is 112 cm³/mol. The lowest BCUT2D eigenvalue weighted by Crippen LogP contribution is -2.34. The Balaban J connectivity index is 1.63. The van der Waals surface area contributed by atoms with E-state index in [-0.39, 0.29) is 11.9 Å². The van der Waals surface area contributed by atoms with Gasteiger partial charge >= 0.3 is 6.03 Å². The molecule has 0 fully saturated rings. The maximum absolute atomic E-state index is 12.6. The first-order chi connectivity index (χ1) is 13.5. The van der Waals surface area contributed by atoms with Crippen molar-refractivity contribution in [3.05, 3.63) is 63.9 Å². The Morgan fingerprint density at radius 2 is 1.93 bits per heavy atom. The molecule has 0 aliphatic carbocycles. The van der Waals surface area contributed by atoms with Crippen molar-refractivity contribution in [2.24, 2.45) is 0 Å². The van der Waals surface area contributed by atoms with E-state index in [9.17, 15) is 9.59 Å². The topological polar surface area (TPSA) is 61.9 Å². The van der Waals surface area contributed by atoms with Gasteiger partial charge in [-0.25, -0.2) is 4.79 Å². The molecule has 1 aliphatic rings. The molecule has 2 heterocycles. The van der Waals surface area contributed by atoms with Gasteiger partial charge in [-0.2, -0.15) is 0 Å². The Morgan fingerprint density at radius 3 is 2.64 bits per heavy atom. The number of rotatable bonds is 6. The zero-order chi connectivity index (χ0) is 19.9. The zero-order valence-corrected chi connectivity index (χ0v) is 17.0. The molecule has 28 heavy (non-hydrogen) atoms. The van der Waals surface area contributed by atoms with Crippen molar-refractivity contribution in [3.63, 3.8) is 0 Å². The summed E-state index contributed by atoms with van der Waals surface area (Å²) in [7, 11) is 3.53. The van der Waals surface area contributed by atoms with Crippen LogP contribution in [0.2, 0.25) is 0 Å². The Hall–Kier alpha value is -2.64. The molecule has 3 amide bonds. The molecule has 1 aromatic heterocycles. The summed E-state index contributed by atoms with van der Waals surface area (Å²) in [5, 5.41) is 4.85. The molecule has 0 saturated carbocycles. The second-order valence-electron chi connectivity index (χ2n) is 6.79. The molecule has 0 atom stereocenters. The number of thiophene rings is 1. The van der Waals surface area contributed by atoms with E-state index in [0.29, 0.717) is 30.3 Å². The lowest BCUT2D eigenvalue weighted by Gasteiger charge is -2.23. The highest BCUT2D eigenvalue weighted by Gasteiger charge is 2.17. The van der Waals surface area contributed by atoms with E-state index in [1.165, 1.54) is 11.3 Å². The van der Waals surface area contributed by atoms with Crippen LogP contribution in [0.15, 0.2) is 53.4 Å². The summed E-state index contributed by atoms with van der Waals surface area (Å²) < 4.78 is 5.43. The van der Waals surface area contributed by atoms with Crippen molar-refractivity contribution in [1.82, 2.24) is 9.80 Å². The van der Waals surface area contributed by atoms with Crippen molar-refractivity contribution in [3.8, 4) is 0 Å². The second kappa shape index (κ2) is 9.52. The standard InChI is InChI=1S/C21H25N3O3S/c1-23(20(25)19-10-6-12-28-19)14-17-8-3-4-9-18(17)22-21(26)24(2)13-16-7-5-11-27-15-16/h3-4,6-10,12H,5,11,13-15H2,1-2H3,(H,22,26). The molecule has 148 valence electrons. The Kier molecular flexibility index (Phi) is 6.84. The minimum Gasteiger partial charge on any atom is -0.377 e. The van der Waals surface area contributed by atoms with Gasteiger partial charge in [-0.1, -0.05) is 30.3 Å². The summed E-state index contributed by atoms with van der Waals surface area (Å²) in [6, 6.07) is 11.0. The van der Waals surface area contributed by atoms with Crippen LogP contribution in [0.1, 0.15) is 21.7 Å². The number of carbonyl (C=O) groups excluding carboxylic acids is 2. The van der Waals surface area contributed by atoms with Crippen LogP contribution < -0.4 is 5.32 Å². The fourth-order valence-corrected chi connectivity index (χ4v) is 3.72. The van der Waals surface area contributed by atoms with Gasteiger partial charge in [0.05, 0.1) is 18.1 Å². The van der Waals surface area contributed by atoms with Crippen molar-refractivity contribution in [2.45, 2.75) is 13.0 Å². The number of amides is 3. The summed E-state index contributed by atoms with van der Waals surface area (Å²) in [5.41, 5.74) is 2.70. The van der Waals surface area contributed by atoms with Crippen molar-refractivity contribution < 1.29 is 14.3 Å². The van der Waals surface area contributed by atoms with Crippen LogP contribution in [-0.2, 0) is 11.3 Å². The molecule has 1 N–H and O–H groups in total. The average Bonchev–Trinajstić information content (AvgIpc) is 3.24.